The predicted molar refractivity (Wildman–Crippen MR) is 62.2 cm³/mol. The Bertz CT molecular complexity index is 447. The van der Waals surface area contributed by atoms with Crippen molar-refractivity contribution in [2.24, 2.45) is 0 Å². The topological polar surface area (TPSA) is 29.5 Å². The zero-order valence-corrected chi connectivity index (χ0v) is 10.4. The maximum absolute atomic E-state index is 12.7. The lowest BCUT2D eigenvalue weighted by Gasteiger charge is -2.37. The van der Waals surface area contributed by atoms with Crippen LogP contribution in [0.2, 0.25) is 0 Å². The van der Waals surface area contributed by atoms with Gasteiger partial charge < -0.3 is 9.64 Å². The standard InChI is InChI=1S/C13H14F3NO2/c1-9-12(18)17(7-10-5-3-2-4-6-10)8-11(19-9)13(14,15)16/h2-6,9,11H,7-8H2,1H3/t9?,11-/m1/s1. The molecule has 2 rings (SSSR count). The number of alkyl halides is 3. The molecule has 1 fully saturated rings. The molecule has 0 bridgehead atoms. The number of rotatable bonds is 2. The van der Waals surface area contributed by atoms with Gasteiger partial charge in [0.25, 0.3) is 5.91 Å². The highest BCUT2D eigenvalue weighted by Crippen LogP contribution is 2.28. The number of carbonyl (C=O) groups excluding carboxylic acids is 1. The molecule has 19 heavy (non-hydrogen) atoms. The number of carbonyl (C=O) groups is 1. The van der Waals surface area contributed by atoms with Gasteiger partial charge in [0.15, 0.2) is 6.10 Å². The van der Waals surface area contributed by atoms with Gasteiger partial charge in [-0.15, -0.1) is 0 Å². The zero-order valence-electron chi connectivity index (χ0n) is 10.4. The molecule has 1 amide bonds. The lowest BCUT2D eigenvalue weighted by atomic mass is 10.1. The maximum Gasteiger partial charge on any atom is 0.416 e. The molecule has 1 heterocycles. The number of morpholine rings is 1. The Morgan fingerprint density at radius 1 is 1.32 bits per heavy atom. The number of halogens is 3. The van der Waals surface area contributed by atoms with E-state index >= 15 is 0 Å². The average Bonchev–Trinajstić information content (AvgIpc) is 2.34. The molecule has 104 valence electrons. The summed E-state index contributed by atoms with van der Waals surface area (Å²) in [5, 5.41) is 0. The van der Waals surface area contributed by atoms with Crippen molar-refractivity contribution in [2.45, 2.75) is 31.9 Å². The fourth-order valence-electron chi connectivity index (χ4n) is 2.02. The summed E-state index contributed by atoms with van der Waals surface area (Å²) in [6.45, 7) is 1.06. The lowest BCUT2D eigenvalue weighted by molar-refractivity contribution is -0.248. The minimum absolute atomic E-state index is 0.167. The molecule has 2 atom stereocenters. The summed E-state index contributed by atoms with van der Waals surface area (Å²) in [5.41, 5.74) is 0.797. The van der Waals surface area contributed by atoms with Gasteiger partial charge in [0.2, 0.25) is 0 Å². The fraction of sp³-hybridized carbons (Fsp3) is 0.462. The van der Waals surface area contributed by atoms with E-state index < -0.39 is 30.8 Å². The molecular weight excluding hydrogens is 259 g/mol. The quantitative estimate of drug-likeness (QED) is 0.828. The molecule has 0 N–H and O–H groups in total. The maximum atomic E-state index is 12.7. The first-order chi connectivity index (χ1) is 8.88. The van der Waals surface area contributed by atoms with Crippen molar-refractivity contribution < 1.29 is 22.7 Å². The van der Waals surface area contributed by atoms with Gasteiger partial charge in [-0.25, -0.2) is 0 Å². The molecule has 1 unspecified atom stereocenters. The normalized spacial score (nSPS) is 24.6. The molecule has 0 saturated carbocycles. The molecule has 3 nitrogen and oxygen atoms in total. The van der Waals surface area contributed by atoms with Crippen LogP contribution >= 0.6 is 0 Å². The van der Waals surface area contributed by atoms with E-state index in [4.69, 9.17) is 4.74 Å². The Hall–Kier alpha value is -1.56. The van der Waals surface area contributed by atoms with Gasteiger partial charge >= 0.3 is 6.18 Å². The second kappa shape index (κ2) is 5.21. The van der Waals surface area contributed by atoms with Crippen LogP contribution in [0.25, 0.3) is 0 Å². The van der Waals surface area contributed by atoms with E-state index in [9.17, 15) is 18.0 Å². The third kappa shape index (κ3) is 3.26. The largest absolute Gasteiger partial charge is 0.416 e. The number of hydrogen-bond donors (Lipinski definition) is 0. The summed E-state index contributed by atoms with van der Waals surface area (Å²) < 4.78 is 42.8. The van der Waals surface area contributed by atoms with Crippen molar-refractivity contribution >= 4 is 5.91 Å². The van der Waals surface area contributed by atoms with E-state index in [-0.39, 0.29) is 6.54 Å². The van der Waals surface area contributed by atoms with E-state index in [2.05, 4.69) is 0 Å². The Morgan fingerprint density at radius 3 is 2.53 bits per heavy atom. The second-order valence-electron chi connectivity index (χ2n) is 4.51. The summed E-state index contributed by atoms with van der Waals surface area (Å²) in [6, 6.07) is 8.92. The molecule has 1 aliphatic heterocycles. The molecule has 1 aromatic carbocycles. The summed E-state index contributed by atoms with van der Waals surface area (Å²) in [5.74, 6) is -0.413. The van der Waals surface area contributed by atoms with Crippen molar-refractivity contribution in [1.29, 1.82) is 0 Å². The van der Waals surface area contributed by atoms with Crippen molar-refractivity contribution in [3.63, 3.8) is 0 Å². The third-order valence-corrected chi connectivity index (χ3v) is 3.00. The van der Waals surface area contributed by atoms with Crippen LogP contribution in [0.15, 0.2) is 30.3 Å². The minimum Gasteiger partial charge on any atom is -0.354 e. The molecule has 6 heteroatoms. The predicted octanol–water partition coefficient (Wildman–Crippen LogP) is 2.36. The number of hydrogen-bond acceptors (Lipinski definition) is 2. The van der Waals surface area contributed by atoms with Crippen LogP contribution in [-0.4, -0.2) is 35.7 Å². The number of nitrogens with zero attached hydrogens (tertiary/aromatic N) is 1. The van der Waals surface area contributed by atoms with Crippen LogP contribution in [-0.2, 0) is 16.1 Å². The summed E-state index contributed by atoms with van der Waals surface area (Å²) in [7, 11) is 0. The van der Waals surface area contributed by atoms with Gasteiger partial charge in [0, 0.05) is 6.54 Å². The van der Waals surface area contributed by atoms with Crippen molar-refractivity contribution in [3.8, 4) is 0 Å². The first kappa shape index (κ1) is 13.9. The number of ether oxygens (including phenoxy) is 1. The molecule has 0 aromatic heterocycles. The minimum atomic E-state index is -4.45. The van der Waals surface area contributed by atoms with Gasteiger partial charge in [-0.2, -0.15) is 13.2 Å². The SMILES string of the molecule is CC1O[C@@H](C(F)(F)F)CN(Cc2ccccc2)C1=O. The van der Waals surface area contributed by atoms with Gasteiger partial charge in [-0.05, 0) is 12.5 Å². The van der Waals surface area contributed by atoms with Crippen molar-refractivity contribution in [2.75, 3.05) is 6.54 Å². The monoisotopic (exact) mass is 273 g/mol. The smallest absolute Gasteiger partial charge is 0.354 e. The molecule has 1 aromatic rings. The number of benzene rings is 1. The molecule has 0 radical (unpaired) electrons. The van der Waals surface area contributed by atoms with Gasteiger partial charge in [0.05, 0.1) is 6.54 Å². The van der Waals surface area contributed by atoms with Crippen LogP contribution in [0.5, 0.6) is 0 Å². The van der Waals surface area contributed by atoms with Crippen molar-refractivity contribution in [3.05, 3.63) is 35.9 Å². The summed E-state index contributed by atoms with van der Waals surface area (Å²) in [6.07, 6.45) is -7.43. The highest BCUT2D eigenvalue weighted by Gasteiger charge is 2.47. The summed E-state index contributed by atoms with van der Waals surface area (Å²) in [4.78, 5) is 13.0. The first-order valence-corrected chi connectivity index (χ1v) is 5.93. The molecule has 0 spiro atoms. The Labute approximate surface area is 109 Å². The van der Waals surface area contributed by atoms with Crippen LogP contribution < -0.4 is 0 Å². The van der Waals surface area contributed by atoms with Crippen molar-refractivity contribution in [1.82, 2.24) is 4.90 Å². The Morgan fingerprint density at radius 2 is 1.95 bits per heavy atom. The van der Waals surface area contributed by atoms with E-state index in [1.807, 2.05) is 6.07 Å². The van der Waals surface area contributed by atoms with E-state index in [1.54, 1.807) is 24.3 Å². The Balaban J connectivity index is 2.12. The lowest BCUT2D eigenvalue weighted by Crippen LogP contribution is -2.55. The summed E-state index contributed by atoms with van der Waals surface area (Å²) >= 11 is 0. The van der Waals surface area contributed by atoms with E-state index in [1.165, 1.54) is 11.8 Å². The van der Waals surface area contributed by atoms with Gasteiger partial charge in [-0.3, -0.25) is 4.79 Å². The zero-order chi connectivity index (χ0) is 14.0. The fourth-order valence-corrected chi connectivity index (χ4v) is 2.02. The van der Waals surface area contributed by atoms with Gasteiger partial charge in [0.1, 0.15) is 6.10 Å². The molecular formula is C13H14F3NO2. The van der Waals surface area contributed by atoms with Crippen LogP contribution in [0.4, 0.5) is 13.2 Å². The average molecular weight is 273 g/mol. The van der Waals surface area contributed by atoms with Crippen LogP contribution in [0.1, 0.15) is 12.5 Å². The highest BCUT2D eigenvalue weighted by atomic mass is 19.4. The third-order valence-electron chi connectivity index (χ3n) is 3.00. The highest BCUT2D eigenvalue weighted by molar-refractivity contribution is 5.81. The first-order valence-electron chi connectivity index (χ1n) is 5.93. The molecule has 1 aliphatic rings. The molecule has 0 aliphatic carbocycles. The van der Waals surface area contributed by atoms with E-state index in [0.29, 0.717) is 0 Å². The molecule has 1 saturated heterocycles. The van der Waals surface area contributed by atoms with Crippen LogP contribution in [0, 0.1) is 0 Å². The van der Waals surface area contributed by atoms with Gasteiger partial charge in [-0.1, -0.05) is 30.3 Å². The second-order valence-corrected chi connectivity index (χ2v) is 4.51. The number of amides is 1. The van der Waals surface area contributed by atoms with E-state index in [0.717, 1.165) is 5.56 Å². The van der Waals surface area contributed by atoms with Crippen LogP contribution in [0.3, 0.4) is 0 Å². The Kier molecular flexibility index (Phi) is 3.80.